The molecular formula is C20H19F3N4O3. The molecule has 0 saturated carbocycles. The molecule has 30 heavy (non-hydrogen) atoms. The summed E-state index contributed by atoms with van der Waals surface area (Å²) < 4.78 is 37.4. The number of hydrogen-bond donors (Lipinski definition) is 2. The fourth-order valence-electron chi connectivity index (χ4n) is 2.94. The number of fused-ring (bicyclic) bond motifs is 1. The van der Waals surface area contributed by atoms with Gasteiger partial charge in [-0.2, -0.15) is 13.2 Å². The molecule has 2 heterocycles. The van der Waals surface area contributed by atoms with Gasteiger partial charge in [-0.05, 0) is 30.7 Å². The van der Waals surface area contributed by atoms with Crippen LogP contribution in [-0.2, 0) is 11.0 Å². The number of alkyl halides is 3. The van der Waals surface area contributed by atoms with Crippen molar-refractivity contribution in [2.24, 2.45) is 0 Å². The SMILES string of the molecule is O=C(CCN1C(=O)c2ccccc2C1=O)NCCCNc1ccc(C(F)(F)F)cn1. The van der Waals surface area contributed by atoms with Crippen molar-refractivity contribution in [1.82, 2.24) is 15.2 Å². The van der Waals surface area contributed by atoms with Gasteiger partial charge < -0.3 is 10.6 Å². The number of halogens is 3. The van der Waals surface area contributed by atoms with Gasteiger partial charge in [0.1, 0.15) is 5.82 Å². The lowest BCUT2D eigenvalue weighted by molar-refractivity contribution is -0.137. The Balaban J connectivity index is 1.34. The van der Waals surface area contributed by atoms with Gasteiger partial charge in [-0.15, -0.1) is 0 Å². The van der Waals surface area contributed by atoms with Gasteiger partial charge in [0.25, 0.3) is 11.8 Å². The monoisotopic (exact) mass is 420 g/mol. The fraction of sp³-hybridized carbons (Fsp3) is 0.300. The molecule has 7 nitrogen and oxygen atoms in total. The van der Waals surface area contributed by atoms with E-state index in [0.717, 1.165) is 17.2 Å². The van der Waals surface area contributed by atoms with Crippen LogP contribution >= 0.6 is 0 Å². The number of amides is 3. The quantitative estimate of drug-likeness (QED) is 0.506. The maximum absolute atomic E-state index is 12.5. The number of nitrogens with one attached hydrogen (secondary N) is 2. The lowest BCUT2D eigenvalue weighted by Gasteiger charge is -2.13. The first-order valence-electron chi connectivity index (χ1n) is 9.26. The smallest absolute Gasteiger partial charge is 0.370 e. The zero-order valence-corrected chi connectivity index (χ0v) is 15.8. The second kappa shape index (κ2) is 8.93. The van der Waals surface area contributed by atoms with E-state index in [0.29, 0.717) is 36.5 Å². The molecule has 1 aromatic carbocycles. The number of carbonyl (C=O) groups is 3. The van der Waals surface area contributed by atoms with Crippen molar-refractivity contribution in [1.29, 1.82) is 0 Å². The van der Waals surface area contributed by atoms with E-state index in [2.05, 4.69) is 15.6 Å². The normalized spacial score (nSPS) is 13.4. The minimum absolute atomic E-state index is 0.00803. The van der Waals surface area contributed by atoms with Crippen LogP contribution in [-0.4, -0.2) is 47.2 Å². The summed E-state index contributed by atoms with van der Waals surface area (Å²) in [6, 6.07) is 8.69. The van der Waals surface area contributed by atoms with E-state index in [4.69, 9.17) is 0 Å². The van der Waals surface area contributed by atoms with Gasteiger partial charge in [0.05, 0.1) is 16.7 Å². The number of carbonyl (C=O) groups excluding carboxylic acids is 3. The zero-order chi connectivity index (χ0) is 21.7. The molecule has 158 valence electrons. The van der Waals surface area contributed by atoms with E-state index in [-0.39, 0.29) is 18.9 Å². The fourth-order valence-corrected chi connectivity index (χ4v) is 2.94. The van der Waals surface area contributed by atoms with E-state index < -0.39 is 23.6 Å². The number of benzene rings is 1. The van der Waals surface area contributed by atoms with Crippen LogP contribution in [0, 0.1) is 0 Å². The van der Waals surface area contributed by atoms with Gasteiger partial charge in [-0.1, -0.05) is 12.1 Å². The topological polar surface area (TPSA) is 91.4 Å². The van der Waals surface area contributed by atoms with Gasteiger partial charge in [0.2, 0.25) is 5.91 Å². The van der Waals surface area contributed by atoms with Crippen molar-refractivity contribution in [2.75, 3.05) is 25.0 Å². The predicted octanol–water partition coefficient (Wildman–Crippen LogP) is 2.70. The van der Waals surface area contributed by atoms with Gasteiger partial charge in [0, 0.05) is 32.3 Å². The molecule has 0 unspecified atom stereocenters. The molecule has 0 spiro atoms. The second-order valence-electron chi connectivity index (χ2n) is 6.62. The third-order valence-corrected chi connectivity index (χ3v) is 4.51. The van der Waals surface area contributed by atoms with Crippen molar-refractivity contribution in [3.63, 3.8) is 0 Å². The van der Waals surface area contributed by atoms with E-state index in [1.165, 1.54) is 6.07 Å². The van der Waals surface area contributed by atoms with Crippen LogP contribution in [0.1, 0.15) is 39.1 Å². The lowest BCUT2D eigenvalue weighted by Crippen LogP contribution is -2.35. The Morgan fingerprint density at radius 1 is 1.00 bits per heavy atom. The highest BCUT2D eigenvalue weighted by molar-refractivity contribution is 6.21. The summed E-state index contributed by atoms with van der Waals surface area (Å²) in [7, 11) is 0. The van der Waals surface area contributed by atoms with Crippen molar-refractivity contribution in [3.05, 3.63) is 59.3 Å². The van der Waals surface area contributed by atoms with Gasteiger partial charge in [0.15, 0.2) is 0 Å². The molecule has 1 aliphatic rings. The van der Waals surface area contributed by atoms with Crippen molar-refractivity contribution < 1.29 is 27.6 Å². The lowest BCUT2D eigenvalue weighted by atomic mass is 10.1. The molecule has 2 N–H and O–H groups in total. The first-order valence-corrected chi connectivity index (χ1v) is 9.26. The molecular weight excluding hydrogens is 401 g/mol. The van der Waals surface area contributed by atoms with Crippen LogP contribution in [0.25, 0.3) is 0 Å². The molecule has 0 bridgehead atoms. The minimum atomic E-state index is -4.43. The Morgan fingerprint density at radius 2 is 1.67 bits per heavy atom. The molecule has 0 aliphatic carbocycles. The third-order valence-electron chi connectivity index (χ3n) is 4.51. The number of imide groups is 1. The van der Waals surface area contributed by atoms with Crippen LogP contribution in [0.15, 0.2) is 42.6 Å². The first-order chi connectivity index (χ1) is 14.3. The number of hydrogen-bond acceptors (Lipinski definition) is 5. The molecule has 3 rings (SSSR count). The van der Waals surface area contributed by atoms with Crippen molar-refractivity contribution >= 4 is 23.5 Å². The molecule has 0 radical (unpaired) electrons. The van der Waals surface area contributed by atoms with Crippen LogP contribution in [0.2, 0.25) is 0 Å². The number of anilines is 1. The summed E-state index contributed by atoms with van der Waals surface area (Å²) in [5.74, 6) is -0.813. The Bertz CT molecular complexity index is 910. The number of aromatic nitrogens is 1. The van der Waals surface area contributed by atoms with E-state index in [9.17, 15) is 27.6 Å². The first kappa shape index (κ1) is 21.3. The standard InChI is InChI=1S/C20H19F3N4O3/c21-20(22,23)13-6-7-16(26-12-13)24-9-3-10-25-17(28)8-11-27-18(29)14-4-1-2-5-15(14)19(27)30/h1-2,4-7,12H,3,8-11H2,(H,24,26)(H,25,28). The highest BCUT2D eigenvalue weighted by Gasteiger charge is 2.35. The molecule has 0 atom stereocenters. The molecule has 1 aromatic heterocycles. The third kappa shape index (κ3) is 4.94. The highest BCUT2D eigenvalue weighted by atomic mass is 19.4. The number of nitrogens with zero attached hydrogens (tertiary/aromatic N) is 2. The maximum atomic E-state index is 12.5. The van der Waals surface area contributed by atoms with Crippen LogP contribution < -0.4 is 10.6 Å². The summed E-state index contributed by atoms with van der Waals surface area (Å²) in [6.07, 6.45) is -3.17. The molecule has 3 amide bonds. The largest absolute Gasteiger partial charge is 0.417 e. The van der Waals surface area contributed by atoms with Gasteiger partial charge in [-0.3, -0.25) is 19.3 Å². The van der Waals surface area contributed by atoms with E-state index >= 15 is 0 Å². The van der Waals surface area contributed by atoms with Gasteiger partial charge >= 0.3 is 6.18 Å². The maximum Gasteiger partial charge on any atom is 0.417 e. The Hall–Kier alpha value is -3.43. The van der Waals surface area contributed by atoms with Crippen LogP contribution in [0.3, 0.4) is 0 Å². The van der Waals surface area contributed by atoms with Gasteiger partial charge in [-0.25, -0.2) is 4.98 Å². The average Bonchev–Trinajstić information content (AvgIpc) is 2.96. The molecule has 1 aliphatic heterocycles. The van der Waals surface area contributed by atoms with Crippen molar-refractivity contribution in [3.8, 4) is 0 Å². The molecule has 0 fully saturated rings. The highest BCUT2D eigenvalue weighted by Crippen LogP contribution is 2.28. The summed E-state index contributed by atoms with van der Waals surface area (Å²) in [4.78, 5) is 41.2. The summed E-state index contributed by atoms with van der Waals surface area (Å²) >= 11 is 0. The van der Waals surface area contributed by atoms with E-state index in [1.807, 2.05) is 0 Å². The Kier molecular flexibility index (Phi) is 6.34. The zero-order valence-electron chi connectivity index (χ0n) is 15.8. The summed E-state index contributed by atoms with van der Waals surface area (Å²) in [6.45, 7) is 0.720. The number of pyridine rings is 1. The predicted molar refractivity (Wildman–Crippen MR) is 102 cm³/mol. The summed E-state index contributed by atoms with van der Waals surface area (Å²) in [5.41, 5.74) is -0.143. The van der Waals surface area contributed by atoms with Crippen molar-refractivity contribution in [2.45, 2.75) is 19.0 Å². The Labute approximate surface area is 170 Å². The summed E-state index contributed by atoms with van der Waals surface area (Å²) in [5, 5.41) is 5.54. The second-order valence-corrected chi connectivity index (χ2v) is 6.62. The van der Waals surface area contributed by atoms with E-state index in [1.54, 1.807) is 24.3 Å². The minimum Gasteiger partial charge on any atom is -0.370 e. The Morgan fingerprint density at radius 3 is 2.23 bits per heavy atom. The molecule has 2 aromatic rings. The molecule has 0 saturated heterocycles. The van der Waals surface area contributed by atoms with Crippen LogP contribution in [0.5, 0.6) is 0 Å². The van der Waals surface area contributed by atoms with Crippen LogP contribution in [0.4, 0.5) is 19.0 Å². The number of rotatable bonds is 8. The molecule has 10 heteroatoms. The average molecular weight is 420 g/mol.